The summed E-state index contributed by atoms with van der Waals surface area (Å²) in [6.45, 7) is 12.5. The molecule has 0 aromatic carbocycles. The fraction of sp³-hybridized carbons (Fsp3) is 0.524. The lowest BCUT2D eigenvalue weighted by Crippen LogP contribution is -2.10. The number of pyridine rings is 1. The van der Waals surface area contributed by atoms with Crippen LogP contribution in [-0.2, 0) is 6.42 Å². The summed E-state index contributed by atoms with van der Waals surface area (Å²) in [5, 5.41) is 15.2. The Morgan fingerprint density at radius 2 is 1.74 bits per heavy atom. The van der Waals surface area contributed by atoms with E-state index < -0.39 is 0 Å². The van der Waals surface area contributed by atoms with Crippen LogP contribution in [0.4, 0.5) is 0 Å². The number of nitrogens with zero attached hydrogens (tertiary/aromatic N) is 5. The van der Waals surface area contributed by atoms with Gasteiger partial charge in [-0.25, -0.2) is 19.6 Å². The van der Waals surface area contributed by atoms with E-state index >= 15 is 0 Å². The van der Waals surface area contributed by atoms with Crippen LogP contribution < -0.4 is 0 Å². The smallest absolute Gasteiger partial charge is 0.220 e. The average molecular weight is 367 g/mol. The normalized spacial score (nSPS) is 11.9. The second kappa shape index (κ2) is 7.62. The Labute approximate surface area is 160 Å². The lowest BCUT2D eigenvalue weighted by atomic mass is 10.1. The summed E-state index contributed by atoms with van der Waals surface area (Å²) in [6, 6.07) is 4.16. The number of hydrogen-bond acceptors (Lipinski definition) is 5. The van der Waals surface area contributed by atoms with Crippen molar-refractivity contribution in [1.29, 1.82) is 0 Å². The van der Waals surface area contributed by atoms with Gasteiger partial charge in [0.1, 0.15) is 5.52 Å². The van der Waals surface area contributed by atoms with Crippen LogP contribution in [0, 0.1) is 6.92 Å². The SMILES string of the molecule is CCc1nc2c(nc1-c1ccc(C(C)C)nc1O)c(C)nn2C(CC)CC. The molecule has 0 amide bonds. The zero-order valence-electron chi connectivity index (χ0n) is 17.1. The zero-order valence-corrected chi connectivity index (χ0v) is 17.1. The standard InChI is InChI=1S/C21H29N5O/c1-7-14(8-2)26-20-18(13(6)25-26)24-19(16(9-3)22-20)15-10-11-17(12(4)5)23-21(15)27/h10-12,14H,7-9H2,1-6H3,(H,23,27). The fourth-order valence-corrected chi connectivity index (χ4v) is 3.44. The lowest BCUT2D eigenvalue weighted by Gasteiger charge is -2.15. The molecule has 27 heavy (non-hydrogen) atoms. The summed E-state index contributed by atoms with van der Waals surface area (Å²) in [6.07, 6.45) is 2.72. The maximum Gasteiger partial charge on any atom is 0.220 e. The Bertz CT molecular complexity index is 957. The van der Waals surface area contributed by atoms with Crippen LogP contribution in [0.2, 0.25) is 0 Å². The number of hydrogen-bond donors (Lipinski definition) is 1. The third kappa shape index (κ3) is 3.40. The summed E-state index contributed by atoms with van der Waals surface area (Å²) in [5.74, 6) is 0.263. The van der Waals surface area contributed by atoms with E-state index in [2.05, 4.69) is 39.6 Å². The first-order chi connectivity index (χ1) is 12.9. The largest absolute Gasteiger partial charge is 0.493 e. The first-order valence-corrected chi connectivity index (χ1v) is 9.87. The van der Waals surface area contributed by atoms with Crippen molar-refractivity contribution in [3.63, 3.8) is 0 Å². The van der Waals surface area contributed by atoms with Gasteiger partial charge in [0, 0.05) is 5.69 Å². The van der Waals surface area contributed by atoms with Crippen molar-refractivity contribution in [2.24, 2.45) is 0 Å². The molecule has 3 aromatic heterocycles. The van der Waals surface area contributed by atoms with Crippen LogP contribution in [0.5, 0.6) is 5.88 Å². The molecule has 0 aliphatic carbocycles. The third-order valence-electron chi connectivity index (χ3n) is 5.13. The number of aromatic nitrogens is 5. The minimum absolute atomic E-state index is 0.00888. The highest BCUT2D eigenvalue weighted by molar-refractivity contribution is 5.79. The van der Waals surface area contributed by atoms with E-state index in [4.69, 9.17) is 15.1 Å². The van der Waals surface area contributed by atoms with E-state index in [0.717, 1.165) is 47.5 Å². The number of rotatable bonds is 6. The van der Waals surface area contributed by atoms with Crippen molar-refractivity contribution in [1.82, 2.24) is 24.7 Å². The monoisotopic (exact) mass is 367 g/mol. The molecule has 0 spiro atoms. The van der Waals surface area contributed by atoms with Gasteiger partial charge in [-0.15, -0.1) is 0 Å². The van der Waals surface area contributed by atoms with Gasteiger partial charge in [-0.05, 0) is 44.2 Å². The molecule has 6 heteroatoms. The van der Waals surface area contributed by atoms with Gasteiger partial charge in [-0.3, -0.25) is 0 Å². The predicted octanol–water partition coefficient (Wildman–Crippen LogP) is 4.95. The molecule has 0 unspecified atom stereocenters. The van der Waals surface area contributed by atoms with E-state index in [9.17, 15) is 5.11 Å². The average Bonchev–Trinajstić information content (AvgIpc) is 2.97. The van der Waals surface area contributed by atoms with Gasteiger partial charge < -0.3 is 5.11 Å². The van der Waals surface area contributed by atoms with Crippen LogP contribution in [0.25, 0.3) is 22.4 Å². The summed E-state index contributed by atoms with van der Waals surface area (Å²) < 4.78 is 2.01. The van der Waals surface area contributed by atoms with Crippen LogP contribution in [0.3, 0.4) is 0 Å². The molecule has 144 valence electrons. The summed E-state index contributed by atoms with van der Waals surface area (Å²) in [4.78, 5) is 14.1. The minimum Gasteiger partial charge on any atom is -0.493 e. The number of aromatic hydroxyl groups is 1. The zero-order chi connectivity index (χ0) is 19.7. The van der Waals surface area contributed by atoms with Crippen LogP contribution >= 0.6 is 0 Å². The summed E-state index contributed by atoms with van der Waals surface area (Å²) in [5.41, 5.74) is 5.51. The van der Waals surface area contributed by atoms with Crippen LogP contribution in [0.1, 0.15) is 76.5 Å². The van der Waals surface area contributed by atoms with Crippen molar-refractivity contribution >= 4 is 11.2 Å². The highest BCUT2D eigenvalue weighted by atomic mass is 16.3. The van der Waals surface area contributed by atoms with Crippen molar-refractivity contribution in [3.05, 3.63) is 29.2 Å². The molecule has 0 bridgehead atoms. The maximum atomic E-state index is 10.5. The van der Waals surface area contributed by atoms with Gasteiger partial charge in [0.15, 0.2) is 5.65 Å². The van der Waals surface area contributed by atoms with Crippen LogP contribution in [0.15, 0.2) is 12.1 Å². The molecule has 3 heterocycles. The molecule has 6 nitrogen and oxygen atoms in total. The molecule has 0 atom stereocenters. The molecular weight excluding hydrogens is 338 g/mol. The second-order valence-electron chi connectivity index (χ2n) is 7.31. The van der Waals surface area contributed by atoms with Crippen molar-refractivity contribution in [2.75, 3.05) is 0 Å². The molecule has 0 saturated carbocycles. The molecule has 0 radical (unpaired) electrons. The molecule has 3 aromatic rings. The summed E-state index contributed by atoms with van der Waals surface area (Å²) >= 11 is 0. The van der Waals surface area contributed by atoms with E-state index in [-0.39, 0.29) is 11.8 Å². The molecule has 0 saturated heterocycles. The molecule has 1 N–H and O–H groups in total. The van der Waals surface area contributed by atoms with Gasteiger partial charge in [0.25, 0.3) is 0 Å². The Morgan fingerprint density at radius 1 is 1.04 bits per heavy atom. The topological polar surface area (TPSA) is 76.7 Å². The third-order valence-corrected chi connectivity index (χ3v) is 5.13. The van der Waals surface area contributed by atoms with Gasteiger partial charge in [0.05, 0.1) is 28.7 Å². The highest BCUT2D eigenvalue weighted by Gasteiger charge is 2.21. The Kier molecular flexibility index (Phi) is 5.44. The van der Waals surface area contributed by atoms with E-state index in [1.807, 2.05) is 23.7 Å². The van der Waals surface area contributed by atoms with Crippen molar-refractivity contribution in [2.45, 2.75) is 72.8 Å². The van der Waals surface area contributed by atoms with Crippen molar-refractivity contribution in [3.8, 4) is 17.1 Å². The fourth-order valence-electron chi connectivity index (χ4n) is 3.44. The van der Waals surface area contributed by atoms with E-state index in [1.54, 1.807) is 0 Å². The summed E-state index contributed by atoms with van der Waals surface area (Å²) in [7, 11) is 0. The van der Waals surface area contributed by atoms with Gasteiger partial charge >= 0.3 is 0 Å². The molecule has 3 rings (SSSR count). The van der Waals surface area contributed by atoms with E-state index in [0.29, 0.717) is 17.3 Å². The first-order valence-electron chi connectivity index (χ1n) is 9.87. The second-order valence-corrected chi connectivity index (χ2v) is 7.31. The minimum atomic E-state index is 0.00888. The maximum absolute atomic E-state index is 10.5. The first kappa shape index (κ1) is 19.3. The van der Waals surface area contributed by atoms with Gasteiger partial charge in [-0.2, -0.15) is 5.10 Å². The molecular formula is C21H29N5O. The van der Waals surface area contributed by atoms with Crippen molar-refractivity contribution < 1.29 is 5.11 Å². The van der Waals surface area contributed by atoms with Gasteiger partial charge in [-0.1, -0.05) is 34.6 Å². The Balaban J connectivity index is 2.22. The Hall–Kier alpha value is -2.50. The predicted molar refractivity (Wildman–Crippen MR) is 108 cm³/mol. The molecule has 0 aliphatic rings. The highest BCUT2D eigenvalue weighted by Crippen LogP contribution is 2.32. The number of fused-ring (bicyclic) bond motifs is 1. The molecule has 0 fully saturated rings. The van der Waals surface area contributed by atoms with Crippen LogP contribution in [-0.4, -0.2) is 29.8 Å². The molecule has 0 aliphatic heterocycles. The lowest BCUT2D eigenvalue weighted by molar-refractivity contribution is 0.436. The van der Waals surface area contributed by atoms with E-state index in [1.165, 1.54) is 0 Å². The van der Waals surface area contributed by atoms with Gasteiger partial charge in [0.2, 0.25) is 5.88 Å². The quantitative estimate of drug-likeness (QED) is 0.667. The number of aryl methyl sites for hydroxylation is 2. The Morgan fingerprint density at radius 3 is 2.30 bits per heavy atom.